The molecule has 1 aliphatic carbocycles. The first-order valence-corrected chi connectivity index (χ1v) is 5.08. The van der Waals surface area contributed by atoms with Gasteiger partial charge in [0, 0.05) is 4.47 Å². The van der Waals surface area contributed by atoms with E-state index < -0.39 is 18.0 Å². The number of aliphatic hydroxyl groups is 1. The van der Waals surface area contributed by atoms with Crippen molar-refractivity contribution in [3.05, 3.63) is 33.8 Å². The average Bonchev–Trinajstić information content (AvgIpc) is 2.43. The zero-order chi connectivity index (χ0) is 10.3. The van der Waals surface area contributed by atoms with E-state index in [0.717, 1.165) is 15.6 Å². The molecule has 0 amide bonds. The zero-order valence-corrected chi connectivity index (χ0v) is 8.86. The van der Waals surface area contributed by atoms with Gasteiger partial charge in [-0.2, -0.15) is 0 Å². The van der Waals surface area contributed by atoms with Gasteiger partial charge in [0.05, 0.1) is 12.0 Å². The smallest absolute Gasteiger partial charge is 0.309 e. The Bertz CT molecular complexity index is 389. The normalized spacial score (nSPS) is 24.7. The maximum absolute atomic E-state index is 10.8. The molecule has 0 aromatic heterocycles. The minimum Gasteiger partial charge on any atom is -0.481 e. The zero-order valence-electron chi connectivity index (χ0n) is 7.27. The van der Waals surface area contributed by atoms with Crippen LogP contribution in [0.4, 0.5) is 0 Å². The monoisotopic (exact) mass is 256 g/mol. The lowest BCUT2D eigenvalue weighted by Gasteiger charge is -2.08. The number of carboxylic acids is 1. The van der Waals surface area contributed by atoms with Crippen molar-refractivity contribution in [1.29, 1.82) is 0 Å². The van der Waals surface area contributed by atoms with E-state index in [1.54, 1.807) is 6.07 Å². The van der Waals surface area contributed by atoms with Crippen LogP contribution in [-0.2, 0) is 11.2 Å². The Labute approximate surface area is 89.5 Å². The van der Waals surface area contributed by atoms with Gasteiger partial charge in [0.2, 0.25) is 0 Å². The van der Waals surface area contributed by atoms with Crippen LogP contribution in [0.2, 0.25) is 0 Å². The van der Waals surface area contributed by atoms with E-state index in [4.69, 9.17) is 5.11 Å². The summed E-state index contributed by atoms with van der Waals surface area (Å²) in [4.78, 5) is 10.8. The summed E-state index contributed by atoms with van der Waals surface area (Å²) < 4.78 is 0.912. The third kappa shape index (κ3) is 1.44. The summed E-state index contributed by atoms with van der Waals surface area (Å²) in [6, 6.07) is 5.45. The third-order valence-corrected chi connectivity index (χ3v) is 3.06. The Morgan fingerprint density at radius 1 is 1.50 bits per heavy atom. The summed E-state index contributed by atoms with van der Waals surface area (Å²) in [6.45, 7) is 0. The quantitative estimate of drug-likeness (QED) is 0.805. The van der Waals surface area contributed by atoms with Crippen molar-refractivity contribution < 1.29 is 15.0 Å². The summed E-state index contributed by atoms with van der Waals surface area (Å²) in [5.41, 5.74) is 1.65. The fourth-order valence-corrected chi connectivity index (χ4v) is 2.24. The highest BCUT2D eigenvalue weighted by atomic mass is 79.9. The molecule has 2 atom stereocenters. The molecule has 4 heteroatoms. The van der Waals surface area contributed by atoms with Crippen LogP contribution < -0.4 is 0 Å². The number of fused-ring (bicyclic) bond motifs is 1. The highest BCUT2D eigenvalue weighted by molar-refractivity contribution is 9.10. The van der Waals surface area contributed by atoms with Crippen molar-refractivity contribution in [2.75, 3.05) is 0 Å². The average molecular weight is 257 g/mol. The Morgan fingerprint density at radius 2 is 2.21 bits per heavy atom. The molecule has 0 radical (unpaired) electrons. The second-order valence-electron chi connectivity index (χ2n) is 3.44. The summed E-state index contributed by atoms with van der Waals surface area (Å²) >= 11 is 3.31. The number of carbonyl (C=O) groups is 1. The van der Waals surface area contributed by atoms with Gasteiger partial charge in [0.25, 0.3) is 0 Å². The van der Waals surface area contributed by atoms with Gasteiger partial charge in [-0.1, -0.05) is 22.0 Å². The molecule has 1 aliphatic rings. The van der Waals surface area contributed by atoms with Crippen LogP contribution in [0.15, 0.2) is 22.7 Å². The number of carboxylic acid groups (broad SMARTS) is 1. The van der Waals surface area contributed by atoms with Gasteiger partial charge in [-0.15, -0.1) is 0 Å². The molecule has 1 aromatic carbocycles. The number of hydrogen-bond donors (Lipinski definition) is 2. The maximum Gasteiger partial charge on any atom is 0.309 e. The number of hydrogen-bond acceptors (Lipinski definition) is 2. The topological polar surface area (TPSA) is 57.5 Å². The second kappa shape index (κ2) is 3.37. The SMILES string of the molecule is O=C(O)C1Cc2cc(Br)ccc2C1O. The molecular formula is C10H9BrO3. The predicted octanol–water partition coefficient (Wildman–Crippen LogP) is 1.74. The number of aliphatic carboxylic acids is 1. The molecule has 2 unspecified atom stereocenters. The first-order chi connectivity index (χ1) is 6.59. The number of rotatable bonds is 1. The van der Waals surface area contributed by atoms with Crippen molar-refractivity contribution in [2.45, 2.75) is 12.5 Å². The molecule has 0 fully saturated rings. The molecule has 0 spiro atoms. The van der Waals surface area contributed by atoms with E-state index >= 15 is 0 Å². The van der Waals surface area contributed by atoms with Gasteiger partial charge >= 0.3 is 5.97 Å². The van der Waals surface area contributed by atoms with Gasteiger partial charge in [0.1, 0.15) is 0 Å². The molecule has 14 heavy (non-hydrogen) atoms. The van der Waals surface area contributed by atoms with Gasteiger partial charge in [-0.3, -0.25) is 4.79 Å². The lowest BCUT2D eigenvalue weighted by molar-refractivity contribution is -0.145. The van der Waals surface area contributed by atoms with Gasteiger partial charge in [-0.05, 0) is 29.7 Å². The predicted molar refractivity (Wildman–Crippen MR) is 53.9 cm³/mol. The van der Waals surface area contributed by atoms with Crippen LogP contribution in [0.25, 0.3) is 0 Å². The largest absolute Gasteiger partial charge is 0.481 e. The van der Waals surface area contributed by atoms with Gasteiger partial charge in [-0.25, -0.2) is 0 Å². The van der Waals surface area contributed by atoms with Crippen molar-refractivity contribution in [3.8, 4) is 0 Å². The first kappa shape index (κ1) is 9.68. The van der Waals surface area contributed by atoms with Gasteiger partial charge in [0.15, 0.2) is 0 Å². The Morgan fingerprint density at radius 3 is 2.86 bits per heavy atom. The van der Waals surface area contributed by atoms with Crippen molar-refractivity contribution in [1.82, 2.24) is 0 Å². The number of halogens is 1. The minimum atomic E-state index is -0.940. The van der Waals surface area contributed by atoms with E-state index in [1.165, 1.54) is 0 Å². The fraction of sp³-hybridized carbons (Fsp3) is 0.300. The van der Waals surface area contributed by atoms with Crippen molar-refractivity contribution in [3.63, 3.8) is 0 Å². The molecule has 0 bridgehead atoms. The van der Waals surface area contributed by atoms with Crippen molar-refractivity contribution >= 4 is 21.9 Å². The molecule has 0 saturated carbocycles. The van der Waals surface area contributed by atoms with E-state index in [1.807, 2.05) is 12.1 Å². The Hall–Kier alpha value is -0.870. The Kier molecular flexibility index (Phi) is 2.33. The van der Waals surface area contributed by atoms with Crippen LogP contribution in [0, 0.1) is 5.92 Å². The minimum absolute atomic E-state index is 0.408. The molecular weight excluding hydrogens is 248 g/mol. The highest BCUT2D eigenvalue weighted by Crippen LogP contribution is 2.37. The third-order valence-electron chi connectivity index (χ3n) is 2.56. The van der Waals surface area contributed by atoms with Crippen LogP contribution in [0.1, 0.15) is 17.2 Å². The number of benzene rings is 1. The molecule has 2 rings (SSSR count). The lowest BCUT2D eigenvalue weighted by atomic mass is 10.0. The standard InChI is InChI=1S/C10H9BrO3/c11-6-1-2-7-5(3-6)4-8(9(7)12)10(13)14/h1-3,8-9,12H,4H2,(H,13,14). The summed E-state index contributed by atoms with van der Waals surface area (Å²) in [5, 5.41) is 18.6. The maximum atomic E-state index is 10.8. The summed E-state index contributed by atoms with van der Waals surface area (Å²) in [5.74, 6) is -1.64. The van der Waals surface area contributed by atoms with Crippen LogP contribution in [0.3, 0.4) is 0 Å². The fourth-order valence-electron chi connectivity index (χ4n) is 1.83. The van der Waals surface area contributed by atoms with E-state index in [0.29, 0.717) is 6.42 Å². The molecule has 1 aromatic rings. The van der Waals surface area contributed by atoms with E-state index in [2.05, 4.69) is 15.9 Å². The molecule has 2 N–H and O–H groups in total. The van der Waals surface area contributed by atoms with E-state index in [-0.39, 0.29) is 0 Å². The Balaban J connectivity index is 2.40. The van der Waals surface area contributed by atoms with Crippen LogP contribution >= 0.6 is 15.9 Å². The molecule has 0 heterocycles. The van der Waals surface area contributed by atoms with Crippen LogP contribution in [-0.4, -0.2) is 16.2 Å². The lowest BCUT2D eigenvalue weighted by Crippen LogP contribution is -2.17. The molecule has 0 aliphatic heterocycles. The van der Waals surface area contributed by atoms with Gasteiger partial charge < -0.3 is 10.2 Å². The second-order valence-corrected chi connectivity index (χ2v) is 4.35. The van der Waals surface area contributed by atoms with E-state index in [9.17, 15) is 9.90 Å². The summed E-state index contributed by atoms with van der Waals surface area (Å²) in [7, 11) is 0. The van der Waals surface area contributed by atoms with Crippen molar-refractivity contribution in [2.24, 2.45) is 5.92 Å². The first-order valence-electron chi connectivity index (χ1n) is 4.29. The molecule has 0 saturated heterocycles. The molecule has 74 valence electrons. The van der Waals surface area contributed by atoms with Crippen LogP contribution in [0.5, 0.6) is 0 Å². The molecule has 3 nitrogen and oxygen atoms in total. The number of aliphatic hydroxyl groups excluding tert-OH is 1. The highest BCUT2D eigenvalue weighted by Gasteiger charge is 2.35. The summed E-state index contributed by atoms with van der Waals surface area (Å²) in [6.07, 6.45) is -0.457.